The zero-order valence-electron chi connectivity index (χ0n) is 28.2. The molecule has 0 aliphatic heterocycles. The second-order valence-electron chi connectivity index (χ2n) is 14.5. The van der Waals surface area contributed by atoms with Crippen molar-refractivity contribution in [3.8, 4) is 11.5 Å². The molecule has 2 heterocycles. The van der Waals surface area contributed by atoms with Gasteiger partial charge in [0.05, 0.1) is 0 Å². The number of rotatable bonds is 16. The van der Waals surface area contributed by atoms with Gasteiger partial charge in [0.15, 0.2) is 0 Å². The Balaban J connectivity index is 1.91. The number of thiophene rings is 2. The zero-order chi connectivity index (χ0) is 30.7. The van der Waals surface area contributed by atoms with E-state index < -0.39 is 36.8 Å². The molecule has 232 valence electrons. The first kappa shape index (κ1) is 34.7. The predicted molar refractivity (Wildman–Crippen MR) is 198 cm³/mol. The number of unbranched alkanes of at least 4 members (excludes halogenated alkanes) is 2. The summed E-state index contributed by atoms with van der Waals surface area (Å²) in [6, 6.07) is 9.85. The normalized spacial score (nSPS) is 14.2. The Kier molecular flexibility index (Phi) is 12.3. The van der Waals surface area contributed by atoms with Crippen LogP contribution in [0.4, 0.5) is 0 Å². The average Bonchev–Trinajstić information content (AvgIpc) is 3.59. The van der Waals surface area contributed by atoms with Crippen molar-refractivity contribution in [3.63, 3.8) is 0 Å². The summed E-state index contributed by atoms with van der Waals surface area (Å²) < 4.78 is 19.8. The molecule has 42 heavy (non-hydrogen) atoms. The Morgan fingerprint density at radius 2 is 0.952 bits per heavy atom. The molecular weight excluding hydrogens is 766 g/mol. The van der Waals surface area contributed by atoms with E-state index in [0.717, 1.165) is 37.6 Å². The standard InChI is InChI=1S/C30H38O2S2.6CH3.2Sn/c1-5-9-11-21(7-3)19-31-27-17-25-23-13-15-33-29(23)30-24(14-16-34-30)26(25)18-28(27)32-20-22(8-4)12-10-6-2;;;;;;;;/h13-14,17-18,21-22H,5-12,19-20H2,1-4H3;6*1H3;;. The summed E-state index contributed by atoms with van der Waals surface area (Å²) in [5, 5.41) is 5.58. The van der Waals surface area contributed by atoms with Gasteiger partial charge in [-0.25, -0.2) is 0 Å². The third kappa shape index (κ3) is 8.15. The van der Waals surface area contributed by atoms with Gasteiger partial charge in [-0.1, -0.05) is 13.8 Å². The van der Waals surface area contributed by atoms with Crippen molar-refractivity contribution >= 4 is 96.2 Å². The van der Waals surface area contributed by atoms with Gasteiger partial charge in [0.1, 0.15) is 0 Å². The second kappa shape index (κ2) is 14.9. The van der Waals surface area contributed by atoms with E-state index >= 15 is 0 Å². The van der Waals surface area contributed by atoms with Crippen LogP contribution in [0.15, 0.2) is 24.3 Å². The van der Waals surface area contributed by atoms with Gasteiger partial charge in [-0.2, -0.15) is 0 Å². The molecule has 0 saturated carbocycles. The summed E-state index contributed by atoms with van der Waals surface area (Å²) in [5.74, 6) is 3.07. The van der Waals surface area contributed by atoms with Gasteiger partial charge in [-0.05, 0) is 0 Å². The summed E-state index contributed by atoms with van der Waals surface area (Å²) in [6.45, 7) is 10.7. The molecule has 4 aromatic rings. The Hall–Kier alpha value is -0.183. The third-order valence-electron chi connectivity index (χ3n) is 8.85. The molecule has 0 spiro atoms. The monoisotopic (exact) mass is 824 g/mol. The van der Waals surface area contributed by atoms with Crippen LogP contribution in [0.25, 0.3) is 30.9 Å². The molecule has 4 rings (SSSR count). The van der Waals surface area contributed by atoms with Crippen LogP contribution < -0.4 is 15.3 Å². The molecule has 0 aliphatic carbocycles. The molecule has 2 atom stereocenters. The molecule has 2 nitrogen and oxygen atoms in total. The van der Waals surface area contributed by atoms with E-state index in [-0.39, 0.29) is 0 Å². The van der Waals surface area contributed by atoms with Gasteiger partial charge in [-0.15, -0.1) is 0 Å². The van der Waals surface area contributed by atoms with E-state index in [1.165, 1.54) is 69.5 Å². The van der Waals surface area contributed by atoms with Gasteiger partial charge >= 0.3 is 261 Å². The number of ether oxygens (including phenoxy) is 2. The van der Waals surface area contributed by atoms with Crippen LogP contribution in [-0.2, 0) is 0 Å². The maximum atomic E-state index is 6.74. The molecule has 0 saturated heterocycles. The Morgan fingerprint density at radius 3 is 1.26 bits per heavy atom. The molecule has 2 aromatic heterocycles. The van der Waals surface area contributed by atoms with Crippen molar-refractivity contribution in [1.29, 1.82) is 0 Å². The fraction of sp³-hybridized carbons (Fsp3) is 0.611. The molecule has 0 radical (unpaired) electrons. The van der Waals surface area contributed by atoms with Crippen molar-refractivity contribution in [1.82, 2.24) is 0 Å². The number of benzene rings is 2. The van der Waals surface area contributed by atoms with Gasteiger partial charge in [0, 0.05) is 0 Å². The summed E-state index contributed by atoms with van der Waals surface area (Å²) in [7, 11) is 0. The van der Waals surface area contributed by atoms with Crippen molar-refractivity contribution < 1.29 is 9.47 Å². The minimum absolute atomic E-state index is 0.588. The summed E-state index contributed by atoms with van der Waals surface area (Å²) >= 11 is -0.333. The molecule has 0 aliphatic rings. The number of fused-ring (bicyclic) bond motifs is 6. The first-order valence-corrected chi connectivity index (χ1v) is 38.3. The second-order valence-corrected chi connectivity index (χ2v) is 47.4. The fourth-order valence-electron chi connectivity index (χ4n) is 5.70. The van der Waals surface area contributed by atoms with Crippen molar-refractivity contribution in [3.05, 3.63) is 24.3 Å². The summed E-state index contributed by atoms with van der Waals surface area (Å²) in [5.41, 5.74) is 0. The average molecular weight is 822 g/mol. The van der Waals surface area contributed by atoms with Crippen LogP contribution in [0.3, 0.4) is 0 Å². The Morgan fingerprint density at radius 1 is 0.571 bits per heavy atom. The Bertz CT molecular complexity index is 1360. The topological polar surface area (TPSA) is 18.5 Å². The van der Waals surface area contributed by atoms with Crippen LogP contribution >= 0.6 is 22.7 Å². The van der Waals surface area contributed by atoms with E-state index in [1.807, 2.05) is 0 Å². The summed E-state index contributed by atoms with van der Waals surface area (Å²) in [6.07, 6.45) is 9.81. The number of hydrogen-bond donors (Lipinski definition) is 0. The van der Waals surface area contributed by atoms with E-state index in [4.69, 9.17) is 9.47 Å². The quantitative estimate of drug-likeness (QED) is 0.105. The van der Waals surface area contributed by atoms with Crippen LogP contribution in [0, 0.1) is 11.8 Å². The SMILES string of the molecule is CCCCC(CC)COc1cc2c(cc1OCC(CC)CCCC)c1c[c]([Sn]([CH3])([CH3])[CH3])sc1c1s[c]([Sn]([CH3])([CH3])[CH3])cc21. The van der Waals surface area contributed by atoms with E-state index in [0.29, 0.717) is 11.8 Å². The first-order chi connectivity index (χ1) is 19.9. The van der Waals surface area contributed by atoms with E-state index in [1.54, 1.807) is 5.79 Å². The molecule has 0 bridgehead atoms. The van der Waals surface area contributed by atoms with Crippen molar-refractivity contribution in [2.45, 2.75) is 109 Å². The van der Waals surface area contributed by atoms with E-state index in [2.05, 4.69) is 104 Å². The van der Waals surface area contributed by atoms with Crippen LogP contribution in [0.1, 0.15) is 79.1 Å². The maximum absolute atomic E-state index is 6.74. The van der Waals surface area contributed by atoms with Gasteiger partial charge in [-0.3, -0.25) is 0 Å². The van der Waals surface area contributed by atoms with Crippen LogP contribution in [0.2, 0.25) is 29.6 Å². The molecule has 2 unspecified atom stereocenters. The molecule has 0 fully saturated rings. The predicted octanol–water partition coefficient (Wildman–Crippen LogP) is 11.5. The van der Waals surface area contributed by atoms with Crippen LogP contribution in [0.5, 0.6) is 11.5 Å². The third-order valence-corrected chi connectivity index (χ3v) is 30.1. The molecule has 0 amide bonds. The minimum atomic E-state index is -2.26. The summed E-state index contributed by atoms with van der Waals surface area (Å²) in [4.78, 5) is 15.3. The van der Waals surface area contributed by atoms with Crippen molar-refractivity contribution in [2.75, 3.05) is 13.2 Å². The van der Waals surface area contributed by atoms with E-state index in [9.17, 15) is 0 Å². The van der Waals surface area contributed by atoms with Gasteiger partial charge in [0.2, 0.25) is 0 Å². The fourth-order valence-corrected chi connectivity index (χ4v) is 18.6. The van der Waals surface area contributed by atoms with Gasteiger partial charge in [0.25, 0.3) is 0 Å². The molecule has 0 N–H and O–H groups in total. The van der Waals surface area contributed by atoms with Gasteiger partial charge < -0.3 is 0 Å². The first-order valence-electron chi connectivity index (χ1n) is 16.6. The molecule has 2 aromatic carbocycles. The van der Waals surface area contributed by atoms with Crippen LogP contribution in [-0.4, -0.2) is 50.0 Å². The molecular formula is C36H56O2S2Sn2. The number of hydrogen-bond acceptors (Lipinski definition) is 4. The zero-order valence-corrected chi connectivity index (χ0v) is 35.5. The Labute approximate surface area is 272 Å². The van der Waals surface area contributed by atoms with Crippen molar-refractivity contribution in [2.24, 2.45) is 11.8 Å². The molecule has 6 heteroatoms.